The Labute approximate surface area is 161 Å². The lowest BCUT2D eigenvalue weighted by Gasteiger charge is -2.34. The minimum absolute atomic E-state index is 0.282. The summed E-state index contributed by atoms with van der Waals surface area (Å²) < 4.78 is 5.49. The van der Waals surface area contributed by atoms with Gasteiger partial charge in [-0.25, -0.2) is 0 Å². The monoisotopic (exact) mass is 376 g/mol. The van der Waals surface area contributed by atoms with Gasteiger partial charge in [-0.05, 0) is 86.7 Å². The lowest BCUT2D eigenvalue weighted by atomic mass is 9.89. The molecule has 142 valence electrons. The second-order valence-corrected chi connectivity index (χ2v) is 8.76. The summed E-state index contributed by atoms with van der Waals surface area (Å²) in [6, 6.07) is 5.81. The maximum Gasteiger partial charge on any atom is 0.226 e. The van der Waals surface area contributed by atoms with E-state index in [0.29, 0.717) is 17.2 Å². The number of halogens is 1. The van der Waals surface area contributed by atoms with Crippen LogP contribution in [0, 0.1) is 17.3 Å². The Bertz CT molecular complexity index is 672. The van der Waals surface area contributed by atoms with Crippen LogP contribution in [0.1, 0.15) is 37.7 Å². The summed E-state index contributed by atoms with van der Waals surface area (Å²) >= 11 is 6.18. The number of methoxy groups -OCH3 is 1. The Kier molecular flexibility index (Phi) is 5.15. The summed E-state index contributed by atoms with van der Waals surface area (Å²) in [5.74, 6) is 2.08. The molecule has 4 nitrogen and oxygen atoms in total. The molecule has 1 N–H and O–H groups in total. The number of benzene rings is 1. The number of nitrogens with zero attached hydrogens (tertiary/aromatic N) is 1. The van der Waals surface area contributed by atoms with Crippen molar-refractivity contribution in [2.45, 2.75) is 38.5 Å². The topological polar surface area (TPSA) is 41.6 Å². The van der Waals surface area contributed by atoms with E-state index in [0.717, 1.165) is 61.8 Å². The van der Waals surface area contributed by atoms with E-state index >= 15 is 0 Å². The molecule has 0 bridgehead atoms. The summed E-state index contributed by atoms with van der Waals surface area (Å²) in [4.78, 5) is 15.2. The predicted molar refractivity (Wildman–Crippen MR) is 104 cm³/mol. The van der Waals surface area contributed by atoms with Crippen LogP contribution < -0.4 is 10.1 Å². The van der Waals surface area contributed by atoms with Crippen LogP contribution in [-0.2, 0) is 11.2 Å². The number of piperidine rings is 2. The molecule has 1 spiro atoms. The molecule has 5 heteroatoms. The minimum Gasteiger partial charge on any atom is -0.496 e. The Morgan fingerprint density at radius 1 is 1.38 bits per heavy atom. The first kappa shape index (κ1) is 18.1. The highest BCUT2D eigenvalue weighted by molar-refractivity contribution is 6.30. The van der Waals surface area contributed by atoms with Gasteiger partial charge in [0.2, 0.25) is 5.91 Å². The number of likely N-dealkylation sites (tertiary alicyclic amines) is 1. The Morgan fingerprint density at radius 2 is 2.19 bits per heavy atom. The third-order valence-electron chi connectivity index (χ3n) is 6.67. The van der Waals surface area contributed by atoms with Gasteiger partial charge in [-0.2, -0.15) is 0 Å². The van der Waals surface area contributed by atoms with E-state index in [2.05, 4.69) is 10.2 Å². The number of carbonyl (C=O) groups is 1. The molecule has 1 amide bonds. The van der Waals surface area contributed by atoms with Gasteiger partial charge >= 0.3 is 0 Å². The van der Waals surface area contributed by atoms with Gasteiger partial charge in [-0.3, -0.25) is 4.79 Å². The minimum atomic E-state index is 0.282. The van der Waals surface area contributed by atoms with Crippen molar-refractivity contribution in [3.63, 3.8) is 0 Å². The van der Waals surface area contributed by atoms with E-state index in [4.69, 9.17) is 16.3 Å². The Balaban J connectivity index is 1.39. The van der Waals surface area contributed by atoms with Crippen molar-refractivity contribution in [1.82, 2.24) is 10.2 Å². The lowest BCUT2D eigenvalue weighted by molar-refractivity contribution is -0.135. The largest absolute Gasteiger partial charge is 0.496 e. The molecule has 3 aliphatic rings. The summed E-state index contributed by atoms with van der Waals surface area (Å²) in [5, 5.41) is 4.17. The molecule has 3 fully saturated rings. The number of ether oxygens (including phenoxy) is 1. The fourth-order valence-electron chi connectivity index (χ4n) is 5.04. The zero-order valence-electron chi connectivity index (χ0n) is 15.6. The van der Waals surface area contributed by atoms with E-state index in [1.165, 1.54) is 19.3 Å². The van der Waals surface area contributed by atoms with Gasteiger partial charge in [0.1, 0.15) is 5.75 Å². The standard InChI is InChI=1S/C21H29ClN2O2/c1-26-19-5-4-17(22)12-16(19)11-15-3-2-10-24(14-15)20(25)18-13-21(18)6-8-23-9-7-21/h4-5,12,15,18,23H,2-3,6-11,13-14H2,1H3. The Morgan fingerprint density at radius 3 is 2.96 bits per heavy atom. The smallest absolute Gasteiger partial charge is 0.226 e. The molecule has 2 atom stereocenters. The quantitative estimate of drug-likeness (QED) is 0.874. The summed E-state index contributed by atoms with van der Waals surface area (Å²) in [7, 11) is 1.70. The lowest BCUT2D eigenvalue weighted by Crippen LogP contribution is -2.42. The first-order valence-corrected chi connectivity index (χ1v) is 10.3. The van der Waals surface area contributed by atoms with E-state index in [-0.39, 0.29) is 5.92 Å². The van der Waals surface area contributed by atoms with Crippen LogP contribution in [0.4, 0.5) is 0 Å². The van der Waals surface area contributed by atoms with Crippen molar-refractivity contribution in [3.05, 3.63) is 28.8 Å². The molecule has 1 aromatic rings. The van der Waals surface area contributed by atoms with Crippen LogP contribution in [0.25, 0.3) is 0 Å². The van der Waals surface area contributed by atoms with Crippen LogP contribution in [-0.4, -0.2) is 44.1 Å². The fraction of sp³-hybridized carbons (Fsp3) is 0.667. The summed E-state index contributed by atoms with van der Waals surface area (Å²) in [6.45, 7) is 3.94. The van der Waals surface area contributed by atoms with Crippen molar-refractivity contribution in [2.75, 3.05) is 33.3 Å². The number of rotatable bonds is 4. The first-order valence-electron chi connectivity index (χ1n) is 9.93. The zero-order chi connectivity index (χ0) is 18.1. The number of carbonyl (C=O) groups excluding carboxylic acids is 1. The van der Waals surface area contributed by atoms with Crippen molar-refractivity contribution in [3.8, 4) is 5.75 Å². The maximum atomic E-state index is 13.1. The highest BCUT2D eigenvalue weighted by Crippen LogP contribution is 2.59. The van der Waals surface area contributed by atoms with Crippen LogP contribution in [0.2, 0.25) is 5.02 Å². The van der Waals surface area contributed by atoms with Crippen LogP contribution in [0.15, 0.2) is 18.2 Å². The van der Waals surface area contributed by atoms with E-state index in [1.54, 1.807) is 7.11 Å². The van der Waals surface area contributed by atoms with Gasteiger partial charge in [0.15, 0.2) is 0 Å². The van der Waals surface area contributed by atoms with Gasteiger partial charge in [-0.15, -0.1) is 0 Å². The van der Waals surface area contributed by atoms with Gasteiger partial charge in [-0.1, -0.05) is 11.6 Å². The number of hydrogen-bond acceptors (Lipinski definition) is 3. The molecule has 1 saturated carbocycles. The molecular weight excluding hydrogens is 348 g/mol. The third-order valence-corrected chi connectivity index (χ3v) is 6.90. The average molecular weight is 377 g/mol. The summed E-state index contributed by atoms with van der Waals surface area (Å²) in [6.07, 6.45) is 6.63. The van der Waals surface area contributed by atoms with E-state index in [1.807, 2.05) is 18.2 Å². The second-order valence-electron chi connectivity index (χ2n) is 8.32. The van der Waals surface area contributed by atoms with E-state index in [9.17, 15) is 4.79 Å². The van der Waals surface area contributed by atoms with Gasteiger partial charge in [0.25, 0.3) is 0 Å². The average Bonchev–Trinajstić information content (AvgIpc) is 3.35. The van der Waals surface area contributed by atoms with E-state index < -0.39 is 0 Å². The first-order chi connectivity index (χ1) is 12.6. The highest BCUT2D eigenvalue weighted by Gasteiger charge is 2.58. The normalized spacial score (nSPS) is 27.4. The van der Waals surface area contributed by atoms with Gasteiger partial charge < -0.3 is 15.0 Å². The molecule has 2 heterocycles. The SMILES string of the molecule is COc1ccc(Cl)cc1CC1CCCN(C(=O)C2CC23CCNCC3)C1. The second kappa shape index (κ2) is 7.40. The number of amides is 1. The number of hydrogen-bond donors (Lipinski definition) is 1. The van der Waals surface area contributed by atoms with Crippen molar-refractivity contribution >= 4 is 17.5 Å². The Hall–Kier alpha value is -1.26. The predicted octanol–water partition coefficient (Wildman–Crippen LogP) is 3.52. The molecule has 2 unspecified atom stereocenters. The van der Waals surface area contributed by atoms with Gasteiger partial charge in [0, 0.05) is 24.0 Å². The van der Waals surface area contributed by atoms with Crippen LogP contribution >= 0.6 is 11.6 Å². The molecule has 1 aliphatic carbocycles. The molecular formula is C21H29ClN2O2. The molecule has 2 saturated heterocycles. The number of nitrogens with one attached hydrogen (secondary N) is 1. The molecule has 0 aromatic heterocycles. The maximum absolute atomic E-state index is 13.1. The summed E-state index contributed by atoms with van der Waals surface area (Å²) in [5.41, 5.74) is 1.48. The molecule has 1 aromatic carbocycles. The third kappa shape index (κ3) is 3.59. The van der Waals surface area contributed by atoms with Crippen LogP contribution in [0.3, 0.4) is 0 Å². The molecule has 26 heavy (non-hydrogen) atoms. The van der Waals surface area contributed by atoms with Crippen molar-refractivity contribution < 1.29 is 9.53 Å². The zero-order valence-corrected chi connectivity index (χ0v) is 16.4. The molecule has 0 radical (unpaired) electrons. The van der Waals surface area contributed by atoms with Gasteiger partial charge in [0.05, 0.1) is 7.11 Å². The van der Waals surface area contributed by atoms with Crippen molar-refractivity contribution in [2.24, 2.45) is 17.3 Å². The van der Waals surface area contributed by atoms with Crippen LogP contribution in [0.5, 0.6) is 5.75 Å². The highest BCUT2D eigenvalue weighted by atomic mass is 35.5. The molecule has 2 aliphatic heterocycles. The molecule has 4 rings (SSSR count). The fourth-order valence-corrected chi connectivity index (χ4v) is 5.24. The van der Waals surface area contributed by atoms with Crippen molar-refractivity contribution in [1.29, 1.82) is 0 Å².